The van der Waals surface area contributed by atoms with Crippen LogP contribution in [0.15, 0.2) is 71.0 Å². The van der Waals surface area contributed by atoms with E-state index in [4.69, 9.17) is 5.73 Å². The van der Waals surface area contributed by atoms with Gasteiger partial charge in [-0.1, -0.05) is 36.5 Å². The Morgan fingerprint density at radius 1 is 1.25 bits per heavy atom. The Bertz CT molecular complexity index is 1300. The summed E-state index contributed by atoms with van der Waals surface area (Å²) in [6.07, 6.45) is 4.01. The van der Waals surface area contributed by atoms with E-state index in [0.717, 1.165) is 37.6 Å². The number of nitrogens with two attached hydrogens (primary N) is 1. The van der Waals surface area contributed by atoms with Gasteiger partial charge in [0.15, 0.2) is 0 Å². The molecule has 0 aliphatic carbocycles. The third kappa shape index (κ3) is 4.21. The molecule has 164 valence electrons. The second-order valence-corrected chi connectivity index (χ2v) is 8.63. The fourth-order valence-corrected chi connectivity index (χ4v) is 4.94. The van der Waals surface area contributed by atoms with Crippen molar-refractivity contribution in [2.45, 2.75) is 20.3 Å². The molecule has 4 nitrogen and oxygen atoms in total. The number of fused-ring (bicyclic) bond motifs is 1. The van der Waals surface area contributed by atoms with Gasteiger partial charge in [-0.2, -0.15) is 0 Å². The van der Waals surface area contributed by atoms with E-state index in [1.54, 1.807) is 12.1 Å². The molecule has 2 aromatic carbocycles. The van der Waals surface area contributed by atoms with Crippen LogP contribution in [0.3, 0.4) is 0 Å². The fraction of sp³-hybridized carbons (Fsp3) is 0.160. The molecule has 7 heteroatoms. The molecule has 3 aromatic rings. The van der Waals surface area contributed by atoms with Crippen LogP contribution in [0.1, 0.15) is 22.4 Å². The zero-order valence-corrected chi connectivity index (χ0v) is 18.7. The first-order valence-corrected chi connectivity index (χ1v) is 11.0. The van der Waals surface area contributed by atoms with Gasteiger partial charge in [0.1, 0.15) is 17.5 Å². The first-order chi connectivity index (χ1) is 15.4. The number of allylic oxidation sites excluding steroid dienone is 2. The van der Waals surface area contributed by atoms with Crippen molar-refractivity contribution in [1.82, 2.24) is 10.3 Å². The van der Waals surface area contributed by atoms with Crippen LogP contribution in [0.2, 0.25) is 0 Å². The summed E-state index contributed by atoms with van der Waals surface area (Å²) in [6, 6.07) is 9.70. The maximum Gasteiger partial charge on any atom is 0.147 e. The summed E-state index contributed by atoms with van der Waals surface area (Å²) < 4.78 is 27.9. The van der Waals surface area contributed by atoms with Crippen molar-refractivity contribution in [2.75, 3.05) is 6.54 Å². The van der Waals surface area contributed by atoms with E-state index >= 15 is 0 Å². The third-order valence-electron chi connectivity index (χ3n) is 5.42. The minimum Gasteiger partial charge on any atom is -0.385 e. The molecule has 0 bridgehead atoms. The molecule has 0 fully saturated rings. The summed E-state index contributed by atoms with van der Waals surface area (Å²) in [6.45, 7) is 8.17. The quantitative estimate of drug-likeness (QED) is 0.452. The van der Waals surface area contributed by atoms with Crippen LogP contribution in [0.4, 0.5) is 8.78 Å². The number of aliphatic imine (C=N–C) groups is 1. The highest BCUT2D eigenvalue weighted by Crippen LogP contribution is 2.41. The minimum atomic E-state index is -0.296. The maximum atomic E-state index is 14.2. The number of hydrogen-bond donors (Lipinski definition) is 3. The second-order valence-electron chi connectivity index (χ2n) is 7.58. The highest BCUT2D eigenvalue weighted by Gasteiger charge is 2.22. The number of hydrogen-bond acceptors (Lipinski definition) is 4. The number of nitrogens with zero attached hydrogens (tertiary/aromatic N) is 1. The number of halogens is 2. The smallest absolute Gasteiger partial charge is 0.147 e. The lowest BCUT2D eigenvalue weighted by Crippen LogP contribution is -2.25. The first-order valence-electron chi connectivity index (χ1n) is 10.2. The van der Waals surface area contributed by atoms with Gasteiger partial charge < -0.3 is 16.0 Å². The van der Waals surface area contributed by atoms with E-state index in [1.807, 2.05) is 26.0 Å². The molecule has 1 aliphatic heterocycles. The topological polar surface area (TPSA) is 66.2 Å². The molecule has 1 aliphatic rings. The Kier molecular flexibility index (Phi) is 6.19. The zero-order valence-electron chi connectivity index (χ0n) is 17.9. The maximum absolute atomic E-state index is 14.2. The summed E-state index contributed by atoms with van der Waals surface area (Å²) in [5.41, 5.74) is 11.4. The van der Waals surface area contributed by atoms with Crippen molar-refractivity contribution in [3.63, 3.8) is 0 Å². The van der Waals surface area contributed by atoms with Crippen molar-refractivity contribution in [3.05, 3.63) is 100.0 Å². The van der Waals surface area contributed by atoms with Gasteiger partial charge in [-0.3, -0.25) is 4.99 Å². The third-order valence-corrected chi connectivity index (χ3v) is 6.62. The average molecular weight is 451 g/mol. The molecular weight excluding hydrogens is 426 g/mol. The van der Waals surface area contributed by atoms with E-state index in [2.05, 4.69) is 21.9 Å². The number of aromatic nitrogens is 1. The van der Waals surface area contributed by atoms with E-state index in [0.29, 0.717) is 30.0 Å². The lowest BCUT2D eigenvalue weighted by atomic mass is 10.0. The predicted molar refractivity (Wildman–Crippen MR) is 130 cm³/mol. The van der Waals surface area contributed by atoms with E-state index in [9.17, 15) is 8.78 Å². The number of benzene rings is 2. The lowest BCUT2D eigenvalue weighted by molar-refractivity contribution is 0.627. The number of thioether (sulfide) groups is 1. The summed E-state index contributed by atoms with van der Waals surface area (Å²) in [5.74, 6) is -0.0626. The van der Waals surface area contributed by atoms with E-state index in [-0.39, 0.29) is 11.6 Å². The van der Waals surface area contributed by atoms with E-state index < -0.39 is 0 Å². The van der Waals surface area contributed by atoms with Crippen molar-refractivity contribution in [1.29, 1.82) is 0 Å². The van der Waals surface area contributed by atoms with Gasteiger partial charge in [-0.15, -0.1) is 0 Å². The molecule has 0 atom stereocenters. The predicted octanol–water partition coefficient (Wildman–Crippen LogP) is 5.70. The zero-order chi connectivity index (χ0) is 22.8. The second kappa shape index (κ2) is 9.04. The molecule has 0 spiro atoms. The van der Waals surface area contributed by atoms with E-state index in [1.165, 1.54) is 36.2 Å². The Morgan fingerprint density at radius 3 is 2.81 bits per heavy atom. The van der Waals surface area contributed by atoms with Gasteiger partial charge in [-0.25, -0.2) is 8.78 Å². The number of rotatable bonds is 6. The Morgan fingerprint density at radius 2 is 2.06 bits per heavy atom. The molecule has 4 N–H and O–H groups in total. The van der Waals surface area contributed by atoms with Gasteiger partial charge in [0, 0.05) is 28.7 Å². The number of H-pyrrole nitrogens is 1. The van der Waals surface area contributed by atoms with Gasteiger partial charge in [0.05, 0.1) is 16.1 Å². The molecule has 0 radical (unpaired) electrons. The highest BCUT2D eigenvalue weighted by atomic mass is 32.2. The first kappa shape index (κ1) is 21.9. The molecular formula is C25H24F2N4S. The summed E-state index contributed by atoms with van der Waals surface area (Å²) >= 11 is 1.44. The van der Waals surface area contributed by atoms with Crippen LogP contribution in [-0.4, -0.2) is 17.2 Å². The molecule has 4 rings (SSSR count). The number of aryl methyl sites for hydroxylation is 2. The van der Waals surface area contributed by atoms with Crippen molar-refractivity contribution in [3.8, 4) is 0 Å². The van der Waals surface area contributed by atoms with Gasteiger partial charge in [-0.05, 0) is 61.2 Å². The average Bonchev–Trinajstić information content (AvgIpc) is 3.33. The standard InChI is InChI=1S/C25H24F2N4S/c1-4-29-20-13-21(16-6-5-7-17(26)12-16)32-24(20)25(28)30-11-10-18-15(3)31-23-19(27)9-8-14(2)22(18)23/h4-9,12-13,30-31H,1,10-11,28H2,2-3H3/b25-24-,29-20-. The molecule has 2 heterocycles. The molecule has 0 unspecified atom stereocenters. The molecule has 32 heavy (non-hydrogen) atoms. The summed E-state index contributed by atoms with van der Waals surface area (Å²) in [7, 11) is 0. The number of nitrogens with one attached hydrogen (secondary N) is 2. The molecule has 0 saturated heterocycles. The van der Waals surface area contributed by atoms with Crippen LogP contribution in [-0.2, 0) is 6.42 Å². The highest BCUT2D eigenvalue weighted by molar-refractivity contribution is 8.13. The minimum absolute atomic E-state index is 0.252. The summed E-state index contributed by atoms with van der Waals surface area (Å²) in [4.78, 5) is 9.12. The van der Waals surface area contributed by atoms with Crippen LogP contribution in [0.25, 0.3) is 15.8 Å². The van der Waals surface area contributed by atoms with Crippen LogP contribution >= 0.6 is 11.8 Å². The van der Waals surface area contributed by atoms with Crippen molar-refractivity contribution < 1.29 is 8.78 Å². The van der Waals surface area contributed by atoms with Crippen LogP contribution in [0, 0.1) is 25.5 Å². The van der Waals surface area contributed by atoms with Crippen LogP contribution < -0.4 is 11.1 Å². The Hall–Kier alpha value is -3.32. The number of aromatic amines is 1. The summed E-state index contributed by atoms with van der Waals surface area (Å²) in [5, 5.41) is 4.19. The fourth-order valence-electron chi connectivity index (χ4n) is 3.91. The lowest BCUT2D eigenvalue weighted by Gasteiger charge is -2.11. The van der Waals surface area contributed by atoms with Crippen molar-refractivity contribution >= 4 is 33.3 Å². The largest absolute Gasteiger partial charge is 0.385 e. The molecule has 0 saturated carbocycles. The normalized spacial score (nSPS) is 16.5. The van der Waals surface area contributed by atoms with Crippen LogP contribution in [0.5, 0.6) is 0 Å². The molecule has 1 aromatic heterocycles. The van der Waals surface area contributed by atoms with Gasteiger partial charge in [0.25, 0.3) is 0 Å². The van der Waals surface area contributed by atoms with Gasteiger partial charge in [0.2, 0.25) is 0 Å². The molecule has 0 amide bonds. The Balaban J connectivity index is 1.54. The van der Waals surface area contributed by atoms with Crippen molar-refractivity contribution in [2.24, 2.45) is 10.7 Å². The SMILES string of the molecule is C=C/N=C1/C=C(c2cccc(F)c2)S/C1=C(/N)NCCc1c(C)[nH]c2c(F)ccc(C)c12. The monoisotopic (exact) mass is 450 g/mol. The van der Waals surface area contributed by atoms with Gasteiger partial charge >= 0.3 is 0 Å². The Labute approximate surface area is 190 Å².